The fourth-order valence-corrected chi connectivity index (χ4v) is 1.12. The Balaban J connectivity index is 3.01. The summed E-state index contributed by atoms with van der Waals surface area (Å²) in [7, 11) is 0. The molecule has 4 heteroatoms. The molecule has 0 aliphatic rings. The van der Waals surface area contributed by atoms with Crippen LogP contribution in [0.15, 0.2) is 30.9 Å². The lowest BCUT2D eigenvalue weighted by atomic mass is 10.2. The Hall–Kier alpha value is -1.84. The molecular formula is C10H12N2O2. The Morgan fingerprint density at radius 2 is 2.36 bits per heavy atom. The van der Waals surface area contributed by atoms with Gasteiger partial charge in [-0.15, -0.1) is 6.58 Å². The van der Waals surface area contributed by atoms with E-state index in [-0.39, 0.29) is 5.69 Å². The van der Waals surface area contributed by atoms with Gasteiger partial charge in [-0.3, -0.25) is 10.1 Å². The maximum Gasteiger partial charge on any atom is 0.292 e. The minimum absolute atomic E-state index is 0.104. The summed E-state index contributed by atoms with van der Waals surface area (Å²) < 4.78 is 0. The molecular weight excluding hydrogens is 180 g/mol. The zero-order chi connectivity index (χ0) is 10.6. The van der Waals surface area contributed by atoms with Crippen molar-refractivity contribution in [2.45, 2.75) is 6.92 Å². The molecule has 0 bridgehead atoms. The van der Waals surface area contributed by atoms with E-state index in [1.807, 2.05) is 13.0 Å². The Kier molecular flexibility index (Phi) is 3.23. The molecule has 0 aliphatic heterocycles. The molecule has 0 radical (unpaired) electrons. The number of nitro benzene ring substituents is 1. The van der Waals surface area contributed by atoms with Gasteiger partial charge in [0.05, 0.1) is 4.92 Å². The van der Waals surface area contributed by atoms with E-state index < -0.39 is 4.92 Å². The zero-order valence-corrected chi connectivity index (χ0v) is 7.99. The van der Waals surface area contributed by atoms with Gasteiger partial charge in [0.25, 0.3) is 5.69 Å². The average molecular weight is 192 g/mol. The van der Waals surface area contributed by atoms with Gasteiger partial charge in [0.1, 0.15) is 5.69 Å². The van der Waals surface area contributed by atoms with Crippen molar-refractivity contribution < 1.29 is 4.92 Å². The van der Waals surface area contributed by atoms with Gasteiger partial charge in [0.2, 0.25) is 0 Å². The Bertz CT molecular complexity index is 361. The van der Waals surface area contributed by atoms with Crippen LogP contribution in [0.5, 0.6) is 0 Å². The van der Waals surface area contributed by atoms with Crippen LogP contribution in [0.25, 0.3) is 0 Å². The van der Waals surface area contributed by atoms with Gasteiger partial charge in [0.15, 0.2) is 0 Å². The van der Waals surface area contributed by atoms with Crippen LogP contribution in [-0.2, 0) is 0 Å². The molecule has 0 aromatic heterocycles. The highest BCUT2D eigenvalue weighted by molar-refractivity contribution is 5.62. The number of nitrogens with one attached hydrogen (secondary N) is 1. The number of hydrogen-bond acceptors (Lipinski definition) is 3. The van der Waals surface area contributed by atoms with Crippen LogP contribution in [0.2, 0.25) is 0 Å². The quantitative estimate of drug-likeness (QED) is 0.453. The molecule has 0 unspecified atom stereocenters. The van der Waals surface area contributed by atoms with E-state index in [0.29, 0.717) is 12.2 Å². The van der Waals surface area contributed by atoms with E-state index in [9.17, 15) is 10.1 Å². The number of rotatable bonds is 4. The van der Waals surface area contributed by atoms with Gasteiger partial charge in [-0.1, -0.05) is 12.1 Å². The predicted molar refractivity (Wildman–Crippen MR) is 56.5 cm³/mol. The van der Waals surface area contributed by atoms with Crippen molar-refractivity contribution in [3.05, 3.63) is 46.5 Å². The van der Waals surface area contributed by atoms with Crippen LogP contribution < -0.4 is 5.32 Å². The number of benzene rings is 1. The van der Waals surface area contributed by atoms with Crippen molar-refractivity contribution in [2.24, 2.45) is 0 Å². The molecule has 14 heavy (non-hydrogen) atoms. The molecule has 1 N–H and O–H groups in total. The monoisotopic (exact) mass is 192 g/mol. The van der Waals surface area contributed by atoms with Gasteiger partial charge in [-0.05, 0) is 18.6 Å². The molecule has 0 amide bonds. The Morgan fingerprint density at radius 3 is 2.93 bits per heavy atom. The summed E-state index contributed by atoms with van der Waals surface area (Å²) in [6.45, 7) is 5.88. The van der Waals surface area contributed by atoms with E-state index >= 15 is 0 Å². The number of nitro groups is 1. The lowest BCUT2D eigenvalue weighted by Gasteiger charge is -2.04. The predicted octanol–water partition coefficient (Wildman–Crippen LogP) is 2.50. The van der Waals surface area contributed by atoms with Gasteiger partial charge < -0.3 is 5.32 Å². The Labute approximate surface area is 82.4 Å². The fraction of sp³-hybridized carbons (Fsp3) is 0.200. The molecule has 1 rings (SSSR count). The molecule has 4 nitrogen and oxygen atoms in total. The number of hydrogen-bond donors (Lipinski definition) is 1. The second kappa shape index (κ2) is 4.41. The normalized spacial score (nSPS) is 9.50. The van der Waals surface area contributed by atoms with Crippen molar-refractivity contribution in [3.8, 4) is 0 Å². The highest BCUT2D eigenvalue weighted by Gasteiger charge is 2.12. The van der Waals surface area contributed by atoms with Crippen LogP contribution in [0.4, 0.5) is 11.4 Å². The first-order valence-corrected chi connectivity index (χ1v) is 4.25. The second-order valence-corrected chi connectivity index (χ2v) is 2.95. The maximum atomic E-state index is 10.7. The fourth-order valence-electron chi connectivity index (χ4n) is 1.12. The topological polar surface area (TPSA) is 55.2 Å². The maximum absolute atomic E-state index is 10.7. The van der Waals surface area contributed by atoms with Crippen molar-refractivity contribution in [3.63, 3.8) is 0 Å². The average Bonchev–Trinajstić information content (AvgIpc) is 2.15. The zero-order valence-electron chi connectivity index (χ0n) is 7.99. The van der Waals surface area contributed by atoms with Crippen LogP contribution in [-0.4, -0.2) is 11.5 Å². The highest BCUT2D eigenvalue weighted by Crippen LogP contribution is 2.24. The summed E-state index contributed by atoms with van der Waals surface area (Å²) >= 11 is 0. The molecule has 74 valence electrons. The summed E-state index contributed by atoms with van der Waals surface area (Å²) in [6, 6.07) is 5.08. The molecule has 0 saturated heterocycles. The van der Waals surface area contributed by atoms with Gasteiger partial charge in [0, 0.05) is 12.6 Å². The largest absolute Gasteiger partial charge is 0.376 e. The van der Waals surface area contributed by atoms with Crippen molar-refractivity contribution in [1.82, 2.24) is 0 Å². The third kappa shape index (κ3) is 2.32. The molecule has 1 aromatic carbocycles. The third-order valence-electron chi connectivity index (χ3n) is 1.79. The molecule has 0 heterocycles. The van der Waals surface area contributed by atoms with Crippen LogP contribution in [0.3, 0.4) is 0 Å². The third-order valence-corrected chi connectivity index (χ3v) is 1.79. The lowest BCUT2D eigenvalue weighted by Crippen LogP contribution is -2.01. The van der Waals surface area contributed by atoms with Crippen molar-refractivity contribution in [2.75, 3.05) is 11.9 Å². The summed E-state index contributed by atoms with van der Waals surface area (Å²) in [5.74, 6) is 0. The first-order valence-electron chi connectivity index (χ1n) is 4.25. The van der Waals surface area contributed by atoms with E-state index in [4.69, 9.17) is 0 Å². The standard InChI is InChI=1S/C10H12N2O2/c1-3-6-11-9-5-4-8(2)7-10(9)12(13)14/h3-5,7,11H,1,6H2,2H3. The van der Waals surface area contributed by atoms with Crippen molar-refractivity contribution >= 4 is 11.4 Å². The molecule has 0 spiro atoms. The number of aryl methyl sites for hydroxylation is 1. The molecule has 1 aromatic rings. The van der Waals surface area contributed by atoms with Gasteiger partial charge in [-0.25, -0.2) is 0 Å². The van der Waals surface area contributed by atoms with E-state index in [1.54, 1.807) is 18.2 Å². The van der Waals surface area contributed by atoms with E-state index in [0.717, 1.165) is 5.56 Å². The second-order valence-electron chi connectivity index (χ2n) is 2.95. The Morgan fingerprint density at radius 1 is 1.64 bits per heavy atom. The smallest absolute Gasteiger partial charge is 0.292 e. The van der Waals surface area contributed by atoms with Gasteiger partial charge >= 0.3 is 0 Å². The first-order chi connectivity index (χ1) is 6.65. The first kappa shape index (κ1) is 10.2. The van der Waals surface area contributed by atoms with Crippen molar-refractivity contribution in [1.29, 1.82) is 0 Å². The van der Waals surface area contributed by atoms with Crippen LogP contribution in [0, 0.1) is 17.0 Å². The number of nitrogens with zero attached hydrogens (tertiary/aromatic N) is 1. The summed E-state index contributed by atoms with van der Waals surface area (Å²) in [5.41, 5.74) is 1.51. The van der Waals surface area contributed by atoms with Crippen LogP contribution in [0.1, 0.15) is 5.56 Å². The SMILES string of the molecule is C=CCNc1ccc(C)cc1[N+](=O)[O-]. The molecule has 0 fully saturated rings. The number of anilines is 1. The lowest BCUT2D eigenvalue weighted by molar-refractivity contribution is -0.384. The minimum atomic E-state index is -0.390. The summed E-state index contributed by atoms with van der Waals surface area (Å²) in [6.07, 6.45) is 1.66. The summed E-state index contributed by atoms with van der Waals surface area (Å²) in [5, 5.41) is 13.6. The highest BCUT2D eigenvalue weighted by atomic mass is 16.6. The van der Waals surface area contributed by atoms with Gasteiger partial charge in [-0.2, -0.15) is 0 Å². The molecule has 0 aliphatic carbocycles. The molecule has 0 atom stereocenters. The van der Waals surface area contributed by atoms with E-state index in [2.05, 4.69) is 11.9 Å². The summed E-state index contributed by atoms with van der Waals surface area (Å²) in [4.78, 5) is 10.3. The minimum Gasteiger partial charge on any atom is -0.376 e. The molecule has 0 saturated carbocycles. The van der Waals surface area contributed by atoms with Crippen LogP contribution >= 0.6 is 0 Å². The van der Waals surface area contributed by atoms with E-state index in [1.165, 1.54) is 0 Å².